The molecule has 2 N–H and O–H groups in total. The number of halogens is 1. The quantitative estimate of drug-likeness (QED) is 0.911. The average molecular weight is 310 g/mol. The second-order valence-electron chi connectivity index (χ2n) is 4.86. The topological polar surface area (TPSA) is 86.3 Å². The van der Waals surface area contributed by atoms with Crippen LogP contribution in [0.15, 0.2) is 12.3 Å². The molecule has 8 heteroatoms. The van der Waals surface area contributed by atoms with Gasteiger partial charge in [0.2, 0.25) is 11.9 Å². The summed E-state index contributed by atoms with van der Waals surface area (Å²) < 4.78 is 6.98. The third-order valence-electron chi connectivity index (χ3n) is 3.49. The fourth-order valence-electron chi connectivity index (χ4n) is 2.40. The van der Waals surface area contributed by atoms with Gasteiger partial charge in [-0.1, -0.05) is 11.6 Å². The molecule has 1 aliphatic rings. The van der Waals surface area contributed by atoms with Gasteiger partial charge in [-0.3, -0.25) is 9.36 Å². The number of anilines is 1. The van der Waals surface area contributed by atoms with E-state index in [1.165, 1.54) is 0 Å². The van der Waals surface area contributed by atoms with Crippen LogP contribution in [0.2, 0.25) is 5.02 Å². The number of hydrogen-bond acceptors (Lipinski definition) is 5. The summed E-state index contributed by atoms with van der Waals surface area (Å²) in [6, 6.07) is 1.71. The summed E-state index contributed by atoms with van der Waals surface area (Å²) in [5, 5.41) is 0.511. The van der Waals surface area contributed by atoms with E-state index in [-0.39, 0.29) is 5.91 Å². The van der Waals surface area contributed by atoms with Crippen molar-refractivity contribution in [1.29, 1.82) is 0 Å². The predicted molar refractivity (Wildman–Crippen MR) is 79.0 cm³/mol. The lowest BCUT2D eigenvalue weighted by molar-refractivity contribution is -0.135. The second-order valence-corrected chi connectivity index (χ2v) is 5.30. The van der Waals surface area contributed by atoms with Gasteiger partial charge in [-0.15, -0.1) is 0 Å². The number of fused-ring (bicyclic) bond motifs is 1. The highest BCUT2D eigenvalue weighted by atomic mass is 35.5. The molecule has 7 nitrogen and oxygen atoms in total. The van der Waals surface area contributed by atoms with E-state index in [0.29, 0.717) is 61.4 Å². The molecule has 21 heavy (non-hydrogen) atoms. The molecule has 112 valence electrons. The van der Waals surface area contributed by atoms with E-state index in [1.54, 1.807) is 16.8 Å². The lowest BCUT2D eigenvalue weighted by Crippen LogP contribution is -2.41. The van der Waals surface area contributed by atoms with E-state index in [9.17, 15) is 4.79 Å². The first kappa shape index (κ1) is 14.1. The normalized spacial score (nSPS) is 15.6. The Morgan fingerprint density at radius 3 is 2.95 bits per heavy atom. The van der Waals surface area contributed by atoms with Crippen LogP contribution in [0.4, 0.5) is 5.95 Å². The van der Waals surface area contributed by atoms with Crippen molar-refractivity contribution in [2.75, 3.05) is 32.0 Å². The maximum absolute atomic E-state index is 12.1. The molecule has 0 saturated carbocycles. The first-order chi connectivity index (χ1) is 10.1. The van der Waals surface area contributed by atoms with Gasteiger partial charge in [0.15, 0.2) is 5.65 Å². The van der Waals surface area contributed by atoms with Crippen LogP contribution < -0.4 is 5.73 Å². The lowest BCUT2D eigenvalue weighted by Gasteiger charge is -2.26. The number of nitrogens with two attached hydrogens (primary N) is 1. The van der Waals surface area contributed by atoms with Gasteiger partial charge in [-0.25, -0.2) is 9.97 Å². The maximum atomic E-state index is 12.1. The molecule has 0 bridgehead atoms. The Morgan fingerprint density at radius 1 is 1.43 bits per heavy atom. The number of amides is 1. The van der Waals surface area contributed by atoms with E-state index in [0.717, 1.165) is 0 Å². The lowest BCUT2D eigenvalue weighted by atomic mass is 10.3. The minimum Gasteiger partial charge on any atom is -0.378 e. The molecule has 2 aromatic heterocycles. The van der Waals surface area contributed by atoms with Gasteiger partial charge in [-0.05, 0) is 6.07 Å². The first-order valence-corrected chi connectivity index (χ1v) is 7.16. The number of hydrogen-bond donors (Lipinski definition) is 1. The largest absolute Gasteiger partial charge is 0.378 e. The molecule has 0 spiro atoms. The predicted octanol–water partition coefficient (Wildman–Crippen LogP) is 0.916. The van der Waals surface area contributed by atoms with Crippen LogP contribution in [0.5, 0.6) is 0 Å². The van der Waals surface area contributed by atoms with Crippen molar-refractivity contribution in [3.63, 3.8) is 0 Å². The highest BCUT2D eigenvalue weighted by Crippen LogP contribution is 2.19. The standard InChI is InChI=1S/C13H16ClN5O2/c14-9-7-10-12(16-8-9)19(13(15)17-10)2-1-11(20)18-3-5-21-6-4-18/h7-8H,1-6H2,(H2,15,17). The highest BCUT2D eigenvalue weighted by molar-refractivity contribution is 6.31. The van der Waals surface area contributed by atoms with Crippen molar-refractivity contribution >= 4 is 34.6 Å². The van der Waals surface area contributed by atoms with Gasteiger partial charge in [0.05, 0.1) is 18.2 Å². The third kappa shape index (κ3) is 2.93. The van der Waals surface area contributed by atoms with Crippen LogP contribution >= 0.6 is 11.6 Å². The Balaban J connectivity index is 1.72. The van der Waals surface area contributed by atoms with E-state index in [2.05, 4.69) is 9.97 Å². The zero-order valence-corrected chi connectivity index (χ0v) is 12.2. The minimum absolute atomic E-state index is 0.0912. The third-order valence-corrected chi connectivity index (χ3v) is 3.70. The van der Waals surface area contributed by atoms with Gasteiger partial charge in [-0.2, -0.15) is 0 Å². The molecular formula is C13H16ClN5O2. The number of pyridine rings is 1. The average Bonchev–Trinajstić information content (AvgIpc) is 2.80. The summed E-state index contributed by atoms with van der Waals surface area (Å²) in [6.45, 7) is 2.94. The van der Waals surface area contributed by atoms with Gasteiger partial charge >= 0.3 is 0 Å². The monoisotopic (exact) mass is 309 g/mol. The fourth-order valence-corrected chi connectivity index (χ4v) is 2.55. The van der Waals surface area contributed by atoms with Gasteiger partial charge < -0.3 is 15.4 Å². The van der Waals surface area contributed by atoms with Crippen LogP contribution in [0.25, 0.3) is 11.2 Å². The molecule has 1 fully saturated rings. The van der Waals surface area contributed by atoms with Gasteiger partial charge in [0, 0.05) is 32.3 Å². The van der Waals surface area contributed by atoms with Crippen molar-refractivity contribution in [3.05, 3.63) is 17.3 Å². The van der Waals surface area contributed by atoms with Crippen molar-refractivity contribution in [3.8, 4) is 0 Å². The van der Waals surface area contributed by atoms with Crippen molar-refractivity contribution in [2.45, 2.75) is 13.0 Å². The van der Waals surface area contributed by atoms with Crippen molar-refractivity contribution < 1.29 is 9.53 Å². The number of aromatic nitrogens is 3. The molecule has 2 aromatic rings. The molecule has 3 rings (SSSR count). The summed E-state index contributed by atoms with van der Waals surface area (Å²) in [6.07, 6.45) is 1.91. The Morgan fingerprint density at radius 2 is 2.19 bits per heavy atom. The number of aryl methyl sites for hydroxylation is 1. The van der Waals surface area contributed by atoms with Crippen LogP contribution in [-0.2, 0) is 16.1 Å². The smallest absolute Gasteiger partial charge is 0.224 e. The molecular weight excluding hydrogens is 294 g/mol. The van der Waals surface area contributed by atoms with Crippen LogP contribution in [0.1, 0.15) is 6.42 Å². The van der Waals surface area contributed by atoms with E-state index in [1.807, 2.05) is 4.90 Å². The van der Waals surface area contributed by atoms with Crippen LogP contribution in [0, 0.1) is 0 Å². The molecule has 1 aliphatic heterocycles. The molecule has 0 unspecified atom stereocenters. The Hall–Kier alpha value is -1.86. The molecule has 0 radical (unpaired) electrons. The number of nitrogens with zero attached hydrogens (tertiary/aromatic N) is 4. The summed E-state index contributed by atoms with van der Waals surface area (Å²) in [5.41, 5.74) is 7.17. The van der Waals surface area contributed by atoms with Crippen molar-refractivity contribution in [1.82, 2.24) is 19.4 Å². The second kappa shape index (κ2) is 5.87. The molecule has 0 atom stereocenters. The summed E-state index contributed by atoms with van der Waals surface area (Å²) in [7, 11) is 0. The van der Waals surface area contributed by atoms with Gasteiger partial charge in [0.1, 0.15) is 5.52 Å². The zero-order valence-electron chi connectivity index (χ0n) is 11.5. The number of nitrogen functional groups attached to an aromatic ring is 1. The van der Waals surface area contributed by atoms with Crippen LogP contribution in [-0.4, -0.2) is 51.6 Å². The maximum Gasteiger partial charge on any atom is 0.224 e. The Bertz CT molecular complexity index is 666. The molecule has 1 amide bonds. The molecule has 3 heterocycles. The number of ether oxygens (including phenoxy) is 1. The number of imidazole rings is 1. The number of morpholine rings is 1. The molecule has 0 aliphatic carbocycles. The minimum atomic E-state index is 0.0912. The van der Waals surface area contributed by atoms with E-state index >= 15 is 0 Å². The molecule has 1 saturated heterocycles. The number of carbonyl (C=O) groups excluding carboxylic acids is 1. The van der Waals surface area contributed by atoms with Crippen molar-refractivity contribution in [2.24, 2.45) is 0 Å². The summed E-state index contributed by atoms with van der Waals surface area (Å²) in [4.78, 5) is 22.4. The first-order valence-electron chi connectivity index (χ1n) is 6.78. The number of rotatable bonds is 3. The van der Waals surface area contributed by atoms with Gasteiger partial charge in [0.25, 0.3) is 0 Å². The molecule has 0 aromatic carbocycles. The summed E-state index contributed by atoms with van der Waals surface area (Å²) in [5.74, 6) is 0.433. The van der Waals surface area contributed by atoms with E-state index < -0.39 is 0 Å². The number of carbonyl (C=O) groups is 1. The fraction of sp³-hybridized carbons (Fsp3) is 0.462. The Labute approximate surface area is 126 Å². The SMILES string of the molecule is Nc1nc2cc(Cl)cnc2n1CCC(=O)N1CCOCC1. The summed E-state index contributed by atoms with van der Waals surface area (Å²) >= 11 is 5.88. The van der Waals surface area contributed by atoms with Crippen LogP contribution in [0.3, 0.4) is 0 Å². The van der Waals surface area contributed by atoms with E-state index in [4.69, 9.17) is 22.1 Å². The zero-order chi connectivity index (χ0) is 14.8. The highest BCUT2D eigenvalue weighted by Gasteiger charge is 2.18. The Kier molecular flexibility index (Phi) is 3.94.